The van der Waals surface area contributed by atoms with Gasteiger partial charge in [0.15, 0.2) is 4.60 Å². The number of halogens is 1. The highest BCUT2D eigenvalue weighted by Gasteiger charge is 2.21. The molecule has 0 bridgehead atoms. The SMILES string of the molecule is Cn1nnc(Br)c1C1NCCCS1. The molecule has 13 heavy (non-hydrogen) atoms. The Labute approximate surface area is 89.6 Å². The van der Waals surface area contributed by atoms with Crippen molar-refractivity contribution in [3.05, 3.63) is 10.3 Å². The number of thioether (sulfide) groups is 1. The van der Waals surface area contributed by atoms with Crippen molar-refractivity contribution in [2.75, 3.05) is 12.3 Å². The maximum Gasteiger partial charge on any atom is 0.154 e. The maximum atomic E-state index is 3.97. The van der Waals surface area contributed by atoms with E-state index in [1.165, 1.54) is 12.2 Å². The van der Waals surface area contributed by atoms with Crippen LogP contribution in [0.15, 0.2) is 4.60 Å². The molecule has 1 aliphatic rings. The monoisotopic (exact) mass is 262 g/mol. The Bertz CT molecular complexity index is 275. The van der Waals surface area contributed by atoms with Crippen LogP contribution < -0.4 is 5.32 Å². The Morgan fingerprint density at radius 2 is 2.54 bits per heavy atom. The second-order valence-corrected chi connectivity index (χ2v) is 4.91. The lowest BCUT2D eigenvalue weighted by atomic mass is 10.4. The Morgan fingerprint density at radius 3 is 3.08 bits per heavy atom. The van der Waals surface area contributed by atoms with Crippen molar-refractivity contribution in [2.24, 2.45) is 7.05 Å². The van der Waals surface area contributed by atoms with Crippen LogP contribution in [0.1, 0.15) is 17.5 Å². The molecule has 1 aliphatic heterocycles. The van der Waals surface area contributed by atoms with Gasteiger partial charge in [-0.3, -0.25) is 0 Å². The van der Waals surface area contributed by atoms with Gasteiger partial charge in [0.1, 0.15) is 5.69 Å². The second kappa shape index (κ2) is 3.98. The van der Waals surface area contributed by atoms with Crippen molar-refractivity contribution in [1.29, 1.82) is 0 Å². The second-order valence-electron chi connectivity index (χ2n) is 2.95. The van der Waals surface area contributed by atoms with Crippen molar-refractivity contribution in [2.45, 2.75) is 11.8 Å². The summed E-state index contributed by atoms with van der Waals surface area (Å²) in [5.41, 5.74) is 1.13. The predicted molar refractivity (Wildman–Crippen MR) is 56.5 cm³/mol. The molecule has 0 spiro atoms. The molecular formula is C7H11BrN4S. The average molecular weight is 263 g/mol. The van der Waals surface area contributed by atoms with Crippen LogP contribution in [0.25, 0.3) is 0 Å². The zero-order chi connectivity index (χ0) is 9.26. The molecule has 1 saturated heterocycles. The van der Waals surface area contributed by atoms with Crippen LogP contribution >= 0.6 is 27.7 Å². The van der Waals surface area contributed by atoms with E-state index in [1.54, 1.807) is 0 Å². The molecule has 1 aromatic heterocycles. The van der Waals surface area contributed by atoms with Crippen LogP contribution in [-0.2, 0) is 7.05 Å². The third-order valence-corrected chi connectivity index (χ3v) is 3.82. The van der Waals surface area contributed by atoms with E-state index < -0.39 is 0 Å². The minimum atomic E-state index is 0.336. The first kappa shape index (κ1) is 9.48. The van der Waals surface area contributed by atoms with Crippen LogP contribution in [0, 0.1) is 0 Å². The molecule has 0 aromatic carbocycles. The lowest BCUT2D eigenvalue weighted by molar-refractivity contribution is 0.589. The summed E-state index contributed by atoms with van der Waals surface area (Å²) in [5, 5.41) is 11.7. The van der Waals surface area contributed by atoms with Gasteiger partial charge in [0.2, 0.25) is 0 Å². The molecule has 2 rings (SSSR count). The maximum absolute atomic E-state index is 3.97. The Kier molecular flexibility index (Phi) is 2.90. The summed E-state index contributed by atoms with van der Waals surface area (Å²) in [6.45, 7) is 1.08. The third kappa shape index (κ3) is 1.89. The first-order chi connectivity index (χ1) is 6.29. The van der Waals surface area contributed by atoms with E-state index in [-0.39, 0.29) is 0 Å². The summed E-state index contributed by atoms with van der Waals surface area (Å²) in [7, 11) is 1.92. The molecule has 0 aliphatic carbocycles. The standard InChI is InChI=1S/C7H11BrN4S/c1-12-5(6(8)10-11-12)7-9-3-2-4-13-7/h7,9H,2-4H2,1H3. The molecule has 4 nitrogen and oxygen atoms in total. The molecule has 1 aromatic rings. The van der Waals surface area contributed by atoms with Crippen LogP contribution in [0.4, 0.5) is 0 Å². The summed E-state index contributed by atoms with van der Waals surface area (Å²) in [4.78, 5) is 0. The van der Waals surface area contributed by atoms with E-state index in [2.05, 4.69) is 31.6 Å². The van der Waals surface area contributed by atoms with Gasteiger partial charge in [0.25, 0.3) is 0 Å². The largest absolute Gasteiger partial charge is 0.300 e. The van der Waals surface area contributed by atoms with E-state index in [0.717, 1.165) is 16.8 Å². The van der Waals surface area contributed by atoms with Gasteiger partial charge in [-0.2, -0.15) is 0 Å². The first-order valence-electron chi connectivity index (χ1n) is 4.19. The Hall–Kier alpha value is -0.0700. The Morgan fingerprint density at radius 1 is 1.69 bits per heavy atom. The van der Waals surface area contributed by atoms with E-state index >= 15 is 0 Å². The summed E-state index contributed by atoms with van der Waals surface area (Å²) in [6, 6.07) is 0. The Balaban J connectivity index is 2.22. The molecule has 0 amide bonds. The van der Waals surface area contributed by atoms with Gasteiger partial charge in [0, 0.05) is 7.05 Å². The molecule has 1 atom stereocenters. The number of aromatic nitrogens is 3. The van der Waals surface area contributed by atoms with Crippen molar-refractivity contribution < 1.29 is 0 Å². The van der Waals surface area contributed by atoms with Gasteiger partial charge in [-0.05, 0) is 34.6 Å². The van der Waals surface area contributed by atoms with Crippen molar-refractivity contribution >= 4 is 27.7 Å². The number of rotatable bonds is 1. The van der Waals surface area contributed by atoms with Crippen molar-refractivity contribution in [3.63, 3.8) is 0 Å². The summed E-state index contributed by atoms with van der Waals surface area (Å²) in [6.07, 6.45) is 1.24. The predicted octanol–water partition coefficient (Wildman–Crippen LogP) is 1.30. The molecule has 2 heterocycles. The molecule has 1 fully saturated rings. The van der Waals surface area contributed by atoms with Gasteiger partial charge in [-0.25, -0.2) is 4.68 Å². The minimum Gasteiger partial charge on any atom is -0.300 e. The van der Waals surface area contributed by atoms with E-state index in [1.807, 2.05) is 23.5 Å². The molecule has 6 heteroatoms. The minimum absolute atomic E-state index is 0.336. The number of nitrogens with zero attached hydrogens (tertiary/aromatic N) is 3. The normalized spacial score (nSPS) is 23.4. The van der Waals surface area contributed by atoms with Crippen LogP contribution in [0.2, 0.25) is 0 Å². The lowest BCUT2D eigenvalue weighted by Gasteiger charge is -2.22. The number of hydrogen-bond acceptors (Lipinski definition) is 4. The fourth-order valence-electron chi connectivity index (χ4n) is 1.36. The number of nitrogens with one attached hydrogen (secondary N) is 1. The smallest absolute Gasteiger partial charge is 0.154 e. The molecule has 1 unspecified atom stereocenters. The topological polar surface area (TPSA) is 42.7 Å². The van der Waals surface area contributed by atoms with Gasteiger partial charge < -0.3 is 5.32 Å². The fraction of sp³-hybridized carbons (Fsp3) is 0.714. The molecule has 1 N–H and O–H groups in total. The lowest BCUT2D eigenvalue weighted by Crippen LogP contribution is -2.27. The summed E-state index contributed by atoms with van der Waals surface area (Å²) >= 11 is 5.31. The first-order valence-corrected chi connectivity index (χ1v) is 6.03. The van der Waals surface area contributed by atoms with Gasteiger partial charge in [-0.15, -0.1) is 16.9 Å². The molecular weight excluding hydrogens is 252 g/mol. The number of aryl methyl sites for hydroxylation is 1. The van der Waals surface area contributed by atoms with Crippen LogP contribution in [0.3, 0.4) is 0 Å². The molecule has 0 saturated carbocycles. The van der Waals surface area contributed by atoms with Gasteiger partial charge >= 0.3 is 0 Å². The highest BCUT2D eigenvalue weighted by molar-refractivity contribution is 9.10. The zero-order valence-corrected chi connectivity index (χ0v) is 9.73. The van der Waals surface area contributed by atoms with Gasteiger partial charge in [0.05, 0.1) is 5.37 Å². The highest BCUT2D eigenvalue weighted by atomic mass is 79.9. The van der Waals surface area contributed by atoms with Crippen LogP contribution in [0.5, 0.6) is 0 Å². The van der Waals surface area contributed by atoms with Crippen molar-refractivity contribution in [1.82, 2.24) is 20.3 Å². The van der Waals surface area contributed by atoms with E-state index in [0.29, 0.717) is 5.37 Å². The number of hydrogen-bond donors (Lipinski definition) is 1. The molecule has 72 valence electrons. The quantitative estimate of drug-likeness (QED) is 0.829. The summed E-state index contributed by atoms with van der Waals surface area (Å²) in [5.74, 6) is 1.20. The molecule has 0 radical (unpaired) electrons. The van der Waals surface area contributed by atoms with Crippen molar-refractivity contribution in [3.8, 4) is 0 Å². The summed E-state index contributed by atoms with van der Waals surface area (Å²) < 4.78 is 2.67. The van der Waals surface area contributed by atoms with Crippen LogP contribution in [-0.4, -0.2) is 27.3 Å². The fourth-order valence-corrected chi connectivity index (χ4v) is 3.27. The zero-order valence-electron chi connectivity index (χ0n) is 7.33. The van der Waals surface area contributed by atoms with E-state index in [9.17, 15) is 0 Å². The third-order valence-electron chi connectivity index (χ3n) is 2.01. The van der Waals surface area contributed by atoms with Gasteiger partial charge in [-0.1, -0.05) is 5.21 Å². The average Bonchev–Trinajstić information content (AvgIpc) is 2.48. The van der Waals surface area contributed by atoms with E-state index in [4.69, 9.17) is 0 Å². The highest BCUT2D eigenvalue weighted by Crippen LogP contribution is 2.32.